The molecule has 0 aliphatic heterocycles. The Labute approximate surface area is 119 Å². The van der Waals surface area contributed by atoms with E-state index in [1.54, 1.807) is 0 Å². The first-order chi connectivity index (χ1) is 9.43. The van der Waals surface area contributed by atoms with E-state index >= 15 is 0 Å². The lowest BCUT2D eigenvalue weighted by Crippen LogP contribution is -2.11. The molecule has 1 fully saturated rings. The quantitative estimate of drug-likeness (QED) is 0.617. The molecular weight excluding hydrogens is 285 g/mol. The predicted octanol–water partition coefficient (Wildman–Crippen LogP) is 3.22. The number of halogens is 1. The summed E-state index contributed by atoms with van der Waals surface area (Å²) in [5, 5.41) is 19.4. The largest absolute Gasteiger partial charge is 0.481 e. The zero-order chi connectivity index (χ0) is 14.8. The standard InChI is InChI=1S/C13H14FNO4S/c14-12-9(2-1-3-10(12)15(18)19)7-20-8-13(4-5-13)6-11(16)17/h1-3H,4-8H2,(H,16,17). The number of hydrogen-bond acceptors (Lipinski definition) is 4. The molecule has 0 saturated heterocycles. The second-order valence-corrected chi connectivity index (χ2v) is 6.06. The normalized spacial score (nSPS) is 15.8. The Kier molecular flexibility index (Phi) is 4.27. The fourth-order valence-electron chi connectivity index (χ4n) is 2.07. The maximum Gasteiger partial charge on any atom is 0.305 e. The van der Waals surface area contributed by atoms with Crippen molar-refractivity contribution in [1.82, 2.24) is 0 Å². The minimum Gasteiger partial charge on any atom is -0.481 e. The van der Waals surface area contributed by atoms with Gasteiger partial charge in [0.15, 0.2) is 0 Å². The van der Waals surface area contributed by atoms with Crippen LogP contribution in [0, 0.1) is 21.3 Å². The van der Waals surface area contributed by atoms with Crippen LogP contribution in [0.15, 0.2) is 18.2 Å². The van der Waals surface area contributed by atoms with Crippen LogP contribution < -0.4 is 0 Å². The minimum absolute atomic E-state index is 0.136. The summed E-state index contributed by atoms with van der Waals surface area (Å²) in [4.78, 5) is 20.6. The monoisotopic (exact) mass is 299 g/mol. The van der Waals surface area contributed by atoms with Crippen LogP contribution in [-0.4, -0.2) is 21.8 Å². The summed E-state index contributed by atoms with van der Waals surface area (Å²) in [5.74, 6) is -0.659. The van der Waals surface area contributed by atoms with Gasteiger partial charge in [0, 0.05) is 17.4 Å². The van der Waals surface area contributed by atoms with Gasteiger partial charge in [-0.2, -0.15) is 16.2 Å². The number of thioether (sulfide) groups is 1. The third kappa shape index (κ3) is 3.47. The Hall–Kier alpha value is -1.63. The summed E-state index contributed by atoms with van der Waals surface area (Å²) >= 11 is 1.43. The first kappa shape index (κ1) is 14.8. The zero-order valence-corrected chi connectivity index (χ0v) is 11.5. The van der Waals surface area contributed by atoms with E-state index in [1.807, 2.05) is 0 Å². The number of carboxylic acid groups (broad SMARTS) is 1. The van der Waals surface area contributed by atoms with Gasteiger partial charge in [-0.15, -0.1) is 0 Å². The molecular formula is C13H14FNO4S. The third-order valence-corrected chi connectivity index (χ3v) is 4.74. The maximum atomic E-state index is 13.8. The summed E-state index contributed by atoms with van der Waals surface area (Å²) in [7, 11) is 0. The van der Waals surface area contributed by atoms with Gasteiger partial charge in [-0.3, -0.25) is 14.9 Å². The van der Waals surface area contributed by atoms with Crippen molar-refractivity contribution in [2.45, 2.75) is 25.0 Å². The number of nitro groups is 1. The molecule has 108 valence electrons. The Morgan fingerprint density at radius 2 is 2.20 bits per heavy atom. The van der Waals surface area contributed by atoms with Crippen LogP contribution >= 0.6 is 11.8 Å². The molecule has 0 aromatic heterocycles. The highest BCUT2D eigenvalue weighted by Gasteiger charge is 2.44. The first-order valence-corrected chi connectivity index (χ1v) is 7.30. The molecule has 7 heteroatoms. The molecule has 1 aliphatic rings. The fourth-order valence-corrected chi connectivity index (χ4v) is 3.43. The molecule has 1 aliphatic carbocycles. The highest BCUT2D eigenvalue weighted by atomic mass is 32.2. The molecule has 1 aromatic rings. The summed E-state index contributed by atoms with van der Waals surface area (Å²) in [6, 6.07) is 4.11. The van der Waals surface area contributed by atoms with Crippen molar-refractivity contribution in [3.8, 4) is 0 Å². The Bertz CT molecular complexity index is 545. The Morgan fingerprint density at radius 3 is 2.75 bits per heavy atom. The van der Waals surface area contributed by atoms with Gasteiger partial charge >= 0.3 is 11.7 Å². The molecule has 1 N–H and O–H groups in total. The lowest BCUT2D eigenvalue weighted by Gasteiger charge is -2.11. The summed E-state index contributed by atoms with van der Waals surface area (Å²) in [6.45, 7) is 0. The molecule has 0 bridgehead atoms. The van der Waals surface area contributed by atoms with E-state index in [9.17, 15) is 19.3 Å². The van der Waals surface area contributed by atoms with Crippen LogP contribution in [0.4, 0.5) is 10.1 Å². The molecule has 0 spiro atoms. The van der Waals surface area contributed by atoms with E-state index in [2.05, 4.69) is 0 Å². The van der Waals surface area contributed by atoms with E-state index in [1.165, 1.54) is 23.9 Å². The van der Waals surface area contributed by atoms with Gasteiger partial charge in [0.2, 0.25) is 5.82 Å². The van der Waals surface area contributed by atoms with E-state index in [0.29, 0.717) is 11.5 Å². The summed E-state index contributed by atoms with van der Waals surface area (Å²) < 4.78 is 13.8. The Morgan fingerprint density at radius 1 is 1.50 bits per heavy atom. The minimum atomic E-state index is -0.815. The van der Waals surface area contributed by atoms with Crippen molar-refractivity contribution >= 4 is 23.4 Å². The number of hydrogen-bond donors (Lipinski definition) is 1. The molecule has 0 amide bonds. The van der Waals surface area contributed by atoms with Crippen molar-refractivity contribution in [2.24, 2.45) is 5.41 Å². The number of nitrogens with zero attached hydrogens (tertiary/aromatic N) is 1. The summed E-state index contributed by atoms with van der Waals surface area (Å²) in [6.07, 6.45) is 1.89. The van der Waals surface area contributed by atoms with Gasteiger partial charge in [-0.05, 0) is 24.0 Å². The molecule has 2 rings (SSSR count). The third-order valence-electron chi connectivity index (χ3n) is 3.40. The first-order valence-electron chi connectivity index (χ1n) is 6.15. The van der Waals surface area contributed by atoms with Crippen LogP contribution in [0.2, 0.25) is 0 Å². The van der Waals surface area contributed by atoms with E-state index in [0.717, 1.165) is 18.9 Å². The van der Waals surface area contributed by atoms with E-state index < -0.39 is 22.4 Å². The maximum absolute atomic E-state index is 13.8. The number of carbonyl (C=O) groups is 1. The van der Waals surface area contributed by atoms with E-state index in [-0.39, 0.29) is 17.4 Å². The number of aliphatic carboxylic acids is 1. The van der Waals surface area contributed by atoms with Crippen molar-refractivity contribution in [1.29, 1.82) is 0 Å². The fraction of sp³-hybridized carbons (Fsp3) is 0.462. The summed E-state index contributed by atoms with van der Waals surface area (Å²) in [5.41, 5.74) is -0.390. The number of nitro benzene ring substituents is 1. The molecule has 20 heavy (non-hydrogen) atoms. The van der Waals surface area contributed by atoms with Crippen molar-refractivity contribution in [3.05, 3.63) is 39.7 Å². The molecule has 0 atom stereocenters. The van der Waals surface area contributed by atoms with Crippen LogP contribution in [0.25, 0.3) is 0 Å². The highest BCUT2D eigenvalue weighted by Crippen LogP contribution is 2.51. The van der Waals surface area contributed by atoms with Gasteiger partial charge in [0.1, 0.15) is 0 Å². The second-order valence-electron chi connectivity index (χ2n) is 5.07. The number of carboxylic acids is 1. The van der Waals surface area contributed by atoms with Gasteiger partial charge in [-0.25, -0.2) is 0 Å². The van der Waals surface area contributed by atoms with Gasteiger partial charge < -0.3 is 5.11 Å². The topological polar surface area (TPSA) is 80.4 Å². The van der Waals surface area contributed by atoms with Gasteiger partial charge in [-0.1, -0.05) is 12.1 Å². The van der Waals surface area contributed by atoms with Gasteiger partial charge in [0.05, 0.1) is 11.3 Å². The van der Waals surface area contributed by atoms with Gasteiger partial charge in [0.25, 0.3) is 0 Å². The predicted molar refractivity (Wildman–Crippen MR) is 73.1 cm³/mol. The average molecular weight is 299 g/mol. The van der Waals surface area contributed by atoms with Crippen LogP contribution in [0.1, 0.15) is 24.8 Å². The molecule has 0 radical (unpaired) electrons. The van der Waals surface area contributed by atoms with Crippen LogP contribution in [-0.2, 0) is 10.5 Å². The second kappa shape index (κ2) is 5.78. The lowest BCUT2D eigenvalue weighted by molar-refractivity contribution is -0.387. The SMILES string of the molecule is O=C(O)CC1(CSCc2cccc([N+](=O)[O-])c2F)CC1. The highest BCUT2D eigenvalue weighted by molar-refractivity contribution is 7.98. The van der Waals surface area contributed by atoms with Crippen LogP contribution in [0.3, 0.4) is 0 Å². The smallest absolute Gasteiger partial charge is 0.305 e. The molecule has 1 saturated carbocycles. The van der Waals surface area contributed by atoms with Crippen molar-refractivity contribution < 1.29 is 19.2 Å². The zero-order valence-electron chi connectivity index (χ0n) is 10.7. The number of benzene rings is 1. The molecule has 0 unspecified atom stereocenters. The van der Waals surface area contributed by atoms with Crippen LogP contribution in [0.5, 0.6) is 0 Å². The molecule has 5 nitrogen and oxygen atoms in total. The average Bonchev–Trinajstić information content (AvgIpc) is 3.10. The van der Waals surface area contributed by atoms with Crippen molar-refractivity contribution in [3.63, 3.8) is 0 Å². The molecule has 0 heterocycles. The van der Waals surface area contributed by atoms with Crippen molar-refractivity contribution in [2.75, 3.05) is 5.75 Å². The lowest BCUT2D eigenvalue weighted by atomic mass is 10.1. The Balaban J connectivity index is 1.93. The van der Waals surface area contributed by atoms with E-state index in [4.69, 9.17) is 5.11 Å². The molecule has 1 aromatic carbocycles. The number of rotatable bonds is 7.